The first kappa shape index (κ1) is 24.2. The Bertz CT molecular complexity index is 376. The molecule has 1 N–H and O–H groups in total. The van der Waals surface area contributed by atoms with Gasteiger partial charge in [-0.3, -0.25) is 0 Å². The lowest BCUT2D eigenvalue weighted by molar-refractivity contribution is -0.0168. The summed E-state index contributed by atoms with van der Waals surface area (Å²) >= 11 is 0. The van der Waals surface area contributed by atoms with Gasteiger partial charge >= 0.3 is 0 Å². The zero-order valence-corrected chi connectivity index (χ0v) is 19.9. The van der Waals surface area contributed by atoms with Crippen LogP contribution in [0.25, 0.3) is 0 Å². The van der Waals surface area contributed by atoms with Gasteiger partial charge in [0.15, 0.2) is 0 Å². The maximum atomic E-state index is 3.93. The van der Waals surface area contributed by atoms with Gasteiger partial charge in [-0.15, -0.1) is 0 Å². The summed E-state index contributed by atoms with van der Waals surface area (Å²) in [6.07, 6.45) is 20.0. The number of hydrogen-bond acceptors (Lipinski definition) is 2. The van der Waals surface area contributed by atoms with Crippen molar-refractivity contribution in [2.75, 3.05) is 26.2 Å². The van der Waals surface area contributed by atoms with E-state index in [-0.39, 0.29) is 0 Å². The maximum absolute atomic E-state index is 3.93. The monoisotopic (exact) mass is 392 g/mol. The predicted octanol–water partition coefficient (Wildman–Crippen LogP) is 7.03. The fourth-order valence-electron chi connectivity index (χ4n) is 5.65. The van der Waals surface area contributed by atoms with Gasteiger partial charge in [0.2, 0.25) is 0 Å². The second kappa shape index (κ2) is 13.3. The summed E-state index contributed by atoms with van der Waals surface area (Å²) in [7, 11) is 0. The Morgan fingerprint density at radius 1 is 0.893 bits per heavy atom. The molecule has 166 valence electrons. The van der Waals surface area contributed by atoms with Gasteiger partial charge in [0, 0.05) is 6.04 Å². The number of rotatable bonds is 15. The van der Waals surface area contributed by atoms with Crippen LogP contribution in [0.5, 0.6) is 0 Å². The minimum absolute atomic E-state index is 0.751. The van der Waals surface area contributed by atoms with E-state index in [0.717, 1.165) is 23.3 Å². The normalized spacial score (nSPS) is 21.3. The average Bonchev–Trinajstić information content (AvgIpc) is 2.65. The number of hydrogen-bond donors (Lipinski definition) is 1. The van der Waals surface area contributed by atoms with E-state index in [2.05, 4.69) is 37.9 Å². The molecule has 1 saturated heterocycles. The fourth-order valence-corrected chi connectivity index (χ4v) is 5.65. The highest BCUT2D eigenvalue weighted by atomic mass is 15.1. The second-order valence-corrected chi connectivity index (χ2v) is 10.7. The summed E-state index contributed by atoms with van der Waals surface area (Å²) in [5.74, 6) is 1.87. The van der Waals surface area contributed by atoms with Crippen LogP contribution >= 0.6 is 0 Å². The van der Waals surface area contributed by atoms with Crippen molar-refractivity contribution >= 4 is 0 Å². The van der Waals surface area contributed by atoms with Crippen molar-refractivity contribution in [3.05, 3.63) is 0 Å². The molecule has 2 fully saturated rings. The number of unbranched alkanes of at least 4 members (excludes halogenated alkanes) is 4. The zero-order chi connectivity index (χ0) is 20.2. The Morgan fingerprint density at radius 2 is 1.61 bits per heavy atom. The molecule has 0 aromatic heterocycles. The highest BCUT2D eigenvalue weighted by Gasteiger charge is 2.45. The Morgan fingerprint density at radius 3 is 2.25 bits per heavy atom. The highest BCUT2D eigenvalue weighted by Crippen LogP contribution is 2.53. The molecular formula is C26H52N2. The zero-order valence-electron chi connectivity index (χ0n) is 19.9. The molecule has 2 aliphatic rings. The lowest BCUT2D eigenvalue weighted by Gasteiger charge is -2.52. The quantitative estimate of drug-likeness (QED) is 0.301. The molecule has 1 spiro atoms. The lowest BCUT2D eigenvalue weighted by atomic mass is 9.57. The first-order chi connectivity index (χ1) is 13.6. The molecule has 2 heteroatoms. The van der Waals surface area contributed by atoms with Gasteiger partial charge in [-0.05, 0) is 94.8 Å². The van der Waals surface area contributed by atoms with Gasteiger partial charge in [-0.1, -0.05) is 66.2 Å². The molecule has 0 radical (unpaired) electrons. The molecule has 0 aromatic carbocycles. The van der Waals surface area contributed by atoms with E-state index >= 15 is 0 Å². The first-order valence-electron chi connectivity index (χ1n) is 13.0. The molecule has 0 amide bonds. The minimum atomic E-state index is 0.751. The van der Waals surface area contributed by atoms with Crippen molar-refractivity contribution in [3.63, 3.8) is 0 Å². The van der Waals surface area contributed by atoms with Gasteiger partial charge in [-0.25, -0.2) is 0 Å². The molecule has 1 atom stereocenters. The summed E-state index contributed by atoms with van der Waals surface area (Å²) < 4.78 is 0. The van der Waals surface area contributed by atoms with Crippen molar-refractivity contribution in [1.82, 2.24) is 10.2 Å². The van der Waals surface area contributed by atoms with Crippen LogP contribution in [-0.2, 0) is 0 Å². The Kier molecular flexibility index (Phi) is 11.5. The van der Waals surface area contributed by atoms with Crippen LogP contribution in [0.3, 0.4) is 0 Å². The summed E-state index contributed by atoms with van der Waals surface area (Å²) in [4.78, 5) is 2.73. The second-order valence-electron chi connectivity index (χ2n) is 10.7. The van der Waals surface area contributed by atoms with Crippen LogP contribution in [0.15, 0.2) is 0 Å². The van der Waals surface area contributed by atoms with Gasteiger partial charge in [-0.2, -0.15) is 0 Å². The van der Waals surface area contributed by atoms with Gasteiger partial charge in [0.05, 0.1) is 0 Å². The molecule has 1 aliphatic heterocycles. The number of piperidine rings is 1. The van der Waals surface area contributed by atoms with Crippen LogP contribution in [-0.4, -0.2) is 37.1 Å². The van der Waals surface area contributed by atoms with E-state index in [1.165, 1.54) is 116 Å². The summed E-state index contributed by atoms with van der Waals surface area (Å²) in [5, 5.41) is 3.93. The first-order valence-corrected chi connectivity index (χ1v) is 13.0. The molecule has 1 unspecified atom stereocenters. The third kappa shape index (κ3) is 8.74. The van der Waals surface area contributed by atoms with E-state index in [9.17, 15) is 0 Å². The smallest absolute Gasteiger partial charge is 0.00669 e. The number of nitrogens with zero attached hydrogens (tertiary/aromatic N) is 1. The number of likely N-dealkylation sites (tertiary alicyclic amines) is 1. The van der Waals surface area contributed by atoms with Gasteiger partial charge in [0.1, 0.15) is 0 Å². The third-order valence-electron chi connectivity index (χ3n) is 7.66. The van der Waals surface area contributed by atoms with Crippen LogP contribution < -0.4 is 5.32 Å². The molecular weight excluding hydrogens is 340 g/mol. The van der Waals surface area contributed by atoms with E-state index in [1.807, 2.05) is 0 Å². The number of nitrogens with one attached hydrogen (secondary N) is 1. The average molecular weight is 393 g/mol. The fraction of sp³-hybridized carbons (Fsp3) is 1.00. The topological polar surface area (TPSA) is 15.3 Å². The van der Waals surface area contributed by atoms with Crippen molar-refractivity contribution in [3.8, 4) is 0 Å². The van der Waals surface area contributed by atoms with Gasteiger partial charge < -0.3 is 10.2 Å². The SMILES string of the molecule is CCCCCCCC(CCC)NCCC1CC2(CCN(CCC(C)C)CC2)C1. The van der Waals surface area contributed by atoms with E-state index < -0.39 is 0 Å². The van der Waals surface area contributed by atoms with Crippen LogP contribution in [0.1, 0.15) is 118 Å². The largest absolute Gasteiger partial charge is 0.314 e. The van der Waals surface area contributed by atoms with Crippen LogP contribution in [0.2, 0.25) is 0 Å². The van der Waals surface area contributed by atoms with Crippen molar-refractivity contribution in [1.29, 1.82) is 0 Å². The summed E-state index contributed by atoms with van der Waals surface area (Å²) in [6.45, 7) is 14.7. The molecule has 0 bridgehead atoms. The molecule has 1 saturated carbocycles. The summed E-state index contributed by atoms with van der Waals surface area (Å²) in [6, 6.07) is 0.782. The van der Waals surface area contributed by atoms with Crippen molar-refractivity contribution in [2.45, 2.75) is 124 Å². The highest BCUT2D eigenvalue weighted by molar-refractivity contribution is 4.97. The Labute approximate surface area is 177 Å². The minimum Gasteiger partial charge on any atom is -0.314 e. The molecule has 1 aliphatic carbocycles. The molecule has 0 aromatic rings. The van der Waals surface area contributed by atoms with E-state index in [0.29, 0.717) is 0 Å². The van der Waals surface area contributed by atoms with Gasteiger partial charge in [0.25, 0.3) is 0 Å². The Balaban J connectivity index is 1.53. The van der Waals surface area contributed by atoms with Crippen molar-refractivity contribution in [2.24, 2.45) is 17.3 Å². The standard InChI is InChI=1S/C26H52N2/c1-5-7-8-9-10-12-25(11-6-2)27-17-13-24-21-26(22-24)15-19-28(20-16-26)18-14-23(3)4/h23-25,27H,5-22H2,1-4H3. The third-order valence-corrected chi connectivity index (χ3v) is 7.66. The maximum Gasteiger partial charge on any atom is 0.00669 e. The van der Waals surface area contributed by atoms with E-state index in [4.69, 9.17) is 0 Å². The molecule has 1 heterocycles. The van der Waals surface area contributed by atoms with E-state index in [1.54, 1.807) is 0 Å². The predicted molar refractivity (Wildman–Crippen MR) is 125 cm³/mol. The molecule has 2 rings (SSSR count). The van der Waals surface area contributed by atoms with Crippen molar-refractivity contribution < 1.29 is 0 Å². The molecule has 2 nitrogen and oxygen atoms in total. The Hall–Kier alpha value is -0.0800. The summed E-state index contributed by atoms with van der Waals surface area (Å²) in [5.41, 5.74) is 0.751. The lowest BCUT2D eigenvalue weighted by Crippen LogP contribution is -2.48. The van der Waals surface area contributed by atoms with Crippen LogP contribution in [0.4, 0.5) is 0 Å². The van der Waals surface area contributed by atoms with Crippen LogP contribution in [0, 0.1) is 17.3 Å². The molecule has 28 heavy (non-hydrogen) atoms.